The van der Waals surface area contributed by atoms with Gasteiger partial charge in [0.15, 0.2) is 17.3 Å². The van der Waals surface area contributed by atoms with Gasteiger partial charge in [-0.1, -0.05) is 6.07 Å². The van der Waals surface area contributed by atoms with E-state index >= 15 is 0 Å². The summed E-state index contributed by atoms with van der Waals surface area (Å²) in [6.07, 6.45) is 1.43. The van der Waals surface area contributed by atoms with Crippen LogP contribution in [0.1, 0.15) is 17.0 Å². The molecule has 0 spiro atoms. The average molecular weight is 475 g/mol. The maximum Gasteiger partial charge on any atom is 0.323 e. The number of para-hydroxylation sites is 1. The molecule has 4 rings (SSSR count). The molecule has 0 aliphatic heterocycles. The molecule has 2 N–H and O–H groups in total. The lowest BCUT2D eigenvalue weighted by Crippen LogP contribution is -2.19. The van der Waals surface area contributed by atoms with Gasteiger partial charge >= 0.3 is 6.03 Å². The predicted molar refractivity (Wildman–Crippen MR) is 132 cm³/mol. The van der Waals surface area contributed by atoms with Crippen molar-refractivity contribution in [2.75, 3.05) is 24.9 Å². The van der Waals surface area contributed by atoms with Crippen molar-refractivity contribution >= 4 is 17.4 Å². The van der Waals surface area contributed by atoms with E-state index in [1.807, 2.05) is 20.8 Å². The number of aromatic nitrogens is 4. The standard InChI is InChI=1S/C25H26N6O4/c1-15-16(2)30-31(17(15)3)22-13-23(27-14-26-22)35-19-11-9-18(10-12-19)28-25(32)29-20-7-6-8-21(33-4)24(20)34-5/h6-14H,1-5H3,(H2,28,29,32). The fourth-order valence-electron chi connectivity index (χ4n) is 3.44. The number of amides is 2. The number of hydrogen-bond donors (Lipinski definition) is 2. The molecular weight excluding hydrogens is 448 g/mol. The SMILES string of the molecule is COc1cccc(NC(=O)Nc2ccc(Oc3cc(-n4nc(C)c(C)c4C)ncn3)cc2)c1OC. The summed E-state index contributed by atoms with van der Waals surface area (Å²) in [4.78, 5) is 21.0. The van der Waals surface area contributed by atoms with Gasteiger partial charge in [-0.3, -0.25) is 0 Å². The van der Waals surface area contributed by atoms with Crippen molar-refractivity contribution in [1.82, 2.24) is 19.7 Å². The van der Waals surface area contributed by atoms with E-state index in [2.05, 4.69) is 25.7 Å². The Kier molecular flexibility index (Phi) is 6.81. The van der Waals surface area contributed by atoms with Crippen LogP contribution in [0.5, 0.6) is 23.1 Å². The number of hydrogen-bond acceptors (Lipinski definition) is 7. The molecule has 2 aromatic heterocycles. The Morgan fingerprint density at radius 1 is 0.943 bits per heavy atom. The Hall–Kier alpha value is -4.60. The van der Waals surface area contributed by atoms with Crippen molar-refractivity contribution < 1.29 is 19.0 Å². The van der Waals surface area contributed by atoms with E-state index in [-0.39, 0.29) is 0 Å². The Morgan fingerprint density at radius 3 is 2.37 bits per heavy atom. The minimum atomic E-state index is -0.425. The van der Waals surface area contributed by atoms with Gasteiger partial charge in [0.2, 0.25) is 5.88 Å². The predicted octanol–water partition coefficient (Wildman–Crippen LogP) is 5.04. The first-order valence-electron chi connectivity index (χ1n) is 10.8. The molecule has 0 bridgehead atoms. The lowest BCUT2D eigenvalue weighted by molar-refractivity contribution is 0.262. The zero-order valence-corrected chi connectivity index (χ0v) is 20.1. The van der Waals surface area contributed by atoms with E-state index in [1.54, 1.807) is 53.2 Å². The summed E-state index contributed by atoms with van der Waals surface area (Å²) >= 11 is 0. The van der Waals surface area contributed by atoms with E-state index in [0.29, 0.717) is 40.3 Å². The van der Waals surface area contributed by atoms with Gasteiger partial charge in [0.25, 0.3) is 0 Å². The quantitative estimate of drug-likeness (QED) is 0.386. The number of ether oxygens (including phenoxy) is 3. The molecular formula is C25H26N6O4. The number of nitrogens with one attached hydrogen (secondary N) is 2. The first-order valence-corrected chi connectivity index (χ1v) is 10.8. The van der Waals surface area contributed by atoms with Crippen molar-refractivity contribution in [1.29, 1.82) is 0 Å². The van der Waals surface area contributed by atoms with E-state index in [1.165, 1.54) is 20.5 Å². The van der Waals surface area contributed by atoms with Crippen LogP contribution in [0.15, 0.2) is 54.9 Å². The van der Waals surface area contributed by atoms with Crippen LogP contribution in [-0.4, -0.2) is 40.0 Å². The van der Waals surface area contributed by atoms with E-state index in [0.717, 1.165) is 17.0 Å². The third-order valence-corrected chi connectivity index (χ3v) is 5.48. The monoisotopic (exact) mass is 474 g/mol. The fraction of sp³-hybridized carbons (Fsp3) is 0.200. The van der Waals surface area contributed by atoms with Crippen LogP contribution in [0.25, 0.3) is 5.82 Å². The number of urea groups is 1. The zero-order chi connectivity index (χ0) is 24.9. The van der Waals surface area contributed by atoms with E-state index in [4.69, 9.17) is 14.2 Å². The van der Waals surface area contributed by atoms with Crippen LogP contribution in [0.4, 0.5) is 16.2 Å². The highest BCUT2D eigenvalue weighted by Crippen LogP contribution is 2.34. The van der Waals surface area contributed by atoms with Gasteiger partial charge in [0.05, 0.1) is 25.6 Å². The van der Waals surface area contributed by atoms with Gasteiger partial charge in [-0.25, -0.2) is 19.4 Å². The molecule has 4 aromatic rings. The minimum absolute atomic E-state index is 0.378. The minimum Gasteiger partial charge on any atom is -0.493 e. The highest BCUT2D eigenvalue weighted by atomic mass is 16.5. The summed E-state index contributed by atoms with van der Waals surface area (Å²) in [7, 11) is 3.05. The van der Waals surface area contributed by atoms with Gasteiger partial charge in [-0.05, 0) is 62.7 Å². The van der Waals surface area contributed by atoms with Gasteiger partial charge in [0.1, 0.15) is 12.1 Å². The Morgan fingerprint density at radius 2 is 1.71 bits per heavy atom. The molecule has 0 aliphatic carbocycles. The Bertz CT molecular complexity index is 1350. The number of nitrogens with zero attached hydrogens (tertiary/aromatic N) is 4. The van der Waals surface area contributed by atoms with Crippen LogP contribution in [0.3, 0.4) is 0 Å². The molecule has 10 heteroatoms. The zero-order valence-electron chi connectivity index (χ0n) is 20.1. The molecule has 0 radical (unpaired) electrons. The first kappa shape index (κ1) is 23.6. The van der Waals surface area contributed by atoms with E-state index in [9.17, 15) is 4.79 Å². The molecule has 0 aliphatic rings. The van der Waals surface area contributed by atoms with Gasteiger partial charge < -0.3 is 24.8 Å². The molecule has 0 fully saturated rings. The van der Waals surface area contributed by atoms with Crippen molar-refractivity contribution in [2.24, 2.45) is 0 Å². The molecule has 0 saturated heterocycles. The Balaban J connectivity index is 1.42. The number of anilines is 2. The number of aryl methyl sites for hydroxylation is 1. The Labute approximate surface area is 202 Å². The second kappa shape index (κ2) is 10.1. The summed E-state index contributed by atoms with van der Waals surface area (Å²) in [6.45, 7) is 5.97. The lowest BCUT2D eigenvalue weighted by atomic mass is 10.2. The number of carbonyl (C=O) groups excluding carboxylic acids is 1. The maximum absolute atomic E-state index is 12.5. The second-order valence-electron chi connectivity index (χ2n) is 7.67. The topological polar surface area (TPSA) is 112 Å². The first-order chi connectivity index (χ1) is 16.9. The third kappa shape index (κ3) is 5.16. The molecule has 10 nitrogen and oxygen atoms in total. The average Bonchev–Trinajstić information content (AvgIpc) is 3.12. The largest absolute Gasteiger partial charge is 0.493 e. The van der Waals surface area contributed by atoms with E-state index < -0.39 is 6.03 Å². The molecule has 2 amide bonds. The third-order valence-electron chi connectivity index (χ3n) is 5.48. The summed E-state index contributed by atoms with van der Waals surface area (Å²) < 4.78 is 18.2. The van der Waals surface area contributed by atoms with Crippen molar-refractivity contribution in [2.45, 2.75) is 20.8 Å². The molecule has 0 saturated carbocycles. The lowest BCUT2D eigenvalue weighted by Gasteiger charge is -2.14. The molecule has 0 unspecified atom stereocenters. The van der Waals surface area contributed by atoms with Gasteiger partial charge in [0, 0.05) is 17.4 Å². The highest BCUT2D eigenvalue weighted by Gasteiger charge is 2.13. The number of benzene rings is 2. The van der Waals surface area contributed by atoms with Crippen LogP contribution < -0.4 is 24.8 Å². The summed E-state index contributed by atoms with van der Waals surface area (Å²) in [6, 6.07) is 13.5. The second-order valence-corrected chi connectivity index (χ2v) is 7.67. The molecule has 2 aromatic carbocycles. The smallest absolute Gasteiger partial charge is 0.323 e. The van der Waals surface area contributed by atoms with Gasteiger partial charge in [-0.2, -0.15) is 5.10 Å². The highest BCUT2D eigenvalue weighted by molar-refractivity contribution is 6.01. The van der Waals surface area contributed by atoms with Crippen molar-refractivity contribution in [3.63, 3.8) is 0 Å². The van der Waals surface area contributed by atoms with Crippen LogP contribution >= 0.6 is 0 Å². The number of rotatable bonds is 7. The van der Waals surface area contributed by atoms with Crippen LogP contribution in [0.2, 0.25) is 0 Å². The summed E-state index contributed by atoms with van der Waals surface area (Å²) in [5.41, 5.74) is 4.14. The molecule has 180 valence electrons. The molecule has 35 heavy (non-hydrogen) atoms. The van der Waals surface area contributed by atoms with Crippen molar-refractivity contribution in [3.8, 4) is 28.9 Å². The number of methoxy groups -OCH3 is 2. The van der Waals surface area contributed by atoms with Crippen molar-refractivity contribution in [3.05, 3.63) is 71.8 Å². The number of carbonyl (C=O) groups is 1. The normalized spacial score (nSPS) is 10.5. The fourth-order valence-corrected chi connectivity index (χ4v) is 3.44. The molecule has 0 atom stereocenters. The van der Waals surface area contributed by atoms with Crippen LogP contribution in [0, 0.1) is 20.8 Å². The summed E-state index contributed by atoms with van der Waals surface area (Å²) in [5, 5.41) is 10.1. The maximum atomic E-state index is 12.5. The van der Waals surface area contributed by atoms with Gasteiger partial charge in [-0.15, -0.1) is 0 Å². The van der Waals surface area contributed by atoms with Crippen LogP contribution in [-0.2, 0) is 0 Å². The molecule has 2 heterocycles. The summed E-state index contributed by atoms with van der Waals surface area (Å²) in [5.74, 6) is 2.51.